The van der Waals surface area contributed by atoms with Crippen LogP contribution < -0.4 is 10.6 Å². The predicted molar refractivity (Wildman–Crippen MR) is 85.0 cm³/mol. The minimum absolute atomic E-state index is 0.0460. The lowest BCUT2D eigenvalue weighted by Gasteiger charge is -2.25. The normalized spacial score (nSPS) is 12.2. The van der Waals surface area contributed by atoms with Crippen LogP contribution in [0.15, 0.2) is 23.1 Å². The van der Waals surface area contributed by atoms with Gasteiger partial charge in [0.05, 0.1) is 18.3 Å². The third kappa shape index (κ3) is 4.40. The molecule has 0 aromatic heterocycles. The second kappa shape index (κ2) is 8.14. The quantitative estimate of drug-likeness (QED) is 0.385. The lowest BCUT2D eigenvalue weighted by atomic mass is 10.1. The Morgan fingerprint density at radius 1 is 1.55 bits per heavy atom. The number of amidine groups is 1. The molecule has 0 saturated carbocycles. The van der Waals surface area contributed by atoms with E-state index >= 15 is 0 Å². The second-order valence-electron chi connectivity index (χ2n) is 4.49. The van der Waals surface area contributed by atoms with Gasteiger partial charge in [-0.1, -0.05) is 13.0 Å². The number of aliphatic hydroxyl groups is 1. The summed E-state index contributed by atoms with van der Waals surface area (Å²) in [4.78, 5) is 2.89. The van der Waals surface area contributed by atoms with Crippen LogP contribution in [0, 0.1) is 5.41 Å². The Balaban J connectivity index is 3.03. The summed E-state index contributed by atoms with van der Waals surface area (Å²) in [5.74, 6) is 0.962. The Morgan fingerprint density at radius 3 is 2.80 bits per heavy atom. The first-order valence-electron chi connectivity index (χ1n) is 6.49. The van der Waals surface area contributed by atoms with Crippen molar-refractivity contribution in [2.24, 2.45) is 5.73 Å². The Labute approximate surface area is 124 Å². The van der Waals surface area contributed by atoms with E-state index in [-0.39, 0.29) is 12.4 Å². The van der Waals surface area contributed by atoms with E-state index in [1.807, 2.05) is 30.1 Å². The van der Waals surface area contributed by atoms with E-state index in [2.05, 4.69) is 6.92 Å². The highest BCUT2D eigenvalue weighted by Crippen LogP contribution is 2.30. The molecule has 0 radical (unpaired) electrons. The SMILES string of the molecule is CCSc1cccc(N(C)CC(O)COC)c1C(=N)N. The average molecular weight is 297 g/mol. The first-order chi connectivity index (χ1) is 9.51. The molecule has 20 heavy (non-hydrogen) atoms. The number of nitrogens with zero attached hydrogens (tertiary/aromatic N) is 1. The van der Waals surface area contributed by atoms with E-state index in [1.54, 1.807) is 18.9 Å². The van der Waals surface area contributed by atoms with Gasteiger partial charge in [-0.25, -0.2) is 0 Å². The van der Waals surface area contributed by atoms with Crippen LogP contribution in [0.5, 0.6) is 0 Å². The Bertz CT molecular complexity index is 454. The van der Waals surface area contributed by atoms with E-state index < -0.39 is 6.10 Å². The number of aliphatic hydroxyl groups excluding tert-OH is 1. The number of anilines is 1. The van der Waals surface area contributed by atoms with Crippen LogP contribution in [-0.4, -0.2) is 50.1 Å². The van der Waals surface area contributed by atoms with Crippen molar-refractivity contribution in [1.82, 2.24) is 0 Å². The third-order valence-corrected chi connectivity index (χ3v) is 3.77. The predicted octanol–water partition coefficient (Wildman–Crippen LogP) is 1.53. The number of methoxy groups -OCH3 is 1. The fourth-order valence-electron chi connectivity index (χ4n) is 2.04. The van der Waals surface area contributed by atoms with Crippen LogP contribution in [-0.2, 0) is 4.74 Å². The number of hydrogen-bond acceptors (Lipinski definition) is 5. The number of benzene rings is 1. The molecule has 5 nitrogen and oxygen atoms in total. The zero-order chi connectivity index (χ0) is 15.1. The molecule has 0 aliphatic heterocycles. The summed E-state index contributed by atoms with van der Waals surface area (Å²) in [5.41, 5.74) is 7.31. The Morgan fingerprint density at radius 2 is 2.25 bits per heavy atom. The van der Waals surface area contributed by atoms with Crippen LogP contribution in [0.2, 0.25) is 0 Å². The summed E-state index contributed by atoms with van der Waals surface area (Å²) < 4.78 is 4.93. The van der Waals surface area contributed by atoms with Crippen molar-refractivity contribution < 1.29 is 9.84 Å². The van der Waals surface area contributed by atoms with Crippen LogP contribution in [0.25, 0.3) is 0 Å². The highest BCUT2D eigenvalue weighted by Gasteiger charge is 2.16. The van der Waals surface area contributed by atoms with E-state index in [0.29, 0.717) is 6.54 Å². The monoisotopic (exact) mass is 297 g/mol. The zero-order valence-corrected chi connectivity index (χ0v) is 13.0. The lowest BCUT2D eigenvalue weighted by Crippen LogP contribution is -2.33. The van der Waals surface area contributed by atoms with Crippen molar-refractivity contribution in [3.8, 4) is 0 Å². The van der Waals surface area contributed by atoms with Crippen molar-refractivity contribution in [1.29, 1.82) is 5.41 Å². The molecular formula is C14H23N3O2S. The van der Waals surface area contributed by atoms with Crippen LogP contribution in [0.3, 0.4) is 0 Å². The summed E-state index contributed by atoms with van der Waals surface area (Å²) in [6, 6.07) is 5.82. The second-order valence-corrected chi connectivity index (χ2v) is 5.79. The smallest absolute Gasteiger partial charge is 0.126 e. The first kappa shape index (κ1) is 16.8. The van der Waals surface area contributed by atoms with E-state index in [9.17, 15) is 5.11 Å². The van der Waals surface area contributed by atoms with Gasteiger partial charge < -0.3 is 20.5 Å². The summed E-state index contributed by atoms with van der Waals surface area (Å²) >= 11 is 1.66. The molecule has 0 fully saturated rings. The van der Waals surface area contributed by atoms with Crippen LogP contribution in [0.1, 0.15) is 12.5 Å². The number of thioether (sulfide) groups is 1. The molecule has 1 unspecified atom stereocenters. The van der Waals surface area contributed by atoms with Crippen molar-refractivity contribution in [2.75, 3.05) is 38.0 Å². The first-order valence-corrected chi connectivity index (χ1v) is 7.48. The number of nitrogens with one attached hydrogen (secondary N) is 1. The van der Waals surface area contributed by atoms with Gasteiger partial charge in [-0.3, -0.25) is 5.41 Å². The molecule has 0 saturated heterocycles. The maximum atomic E-state index is 9.83. The fraction of sp³-hybridized carbons (Fsp3) is 0.500. The molecule has 1 rings (SSSR count). The van der Waals surface area contributed by atoms with Gasteiger partial charge in [0.25, 0.3) is 0 Å². The molecule has 0 amide bonds. The zero-order valence-electron chi connectivity index (χ0n) is 12.2. The maximum absolute atomic E-state index is 9.83. The summed E-state index contributed by atoms with van der Waals surface area (Å²) in [7, 11) is 3.43. The van der Waals surface area contributed by atoms with Gasteiger partial charge in [0.15, 0.2) is 0 Å². The van der Waals surface area contributed by atoms with Gasteiger partial charge in [-0.2, -0.15) is 0 Å². The Hall–Kier alpha value is -1.24. The van der Waals surface area contributed by atoms with Crippen molar-refractivity contribution in [3.63, 3.8) is 0 Å². The van der Waals surface area contributed by atoms with Crippen molar-refractivity contribution >= 4 is 23.3 Å². The third-order valence-electron chi connectivity index (χ3n) is 2.83. The molecule has 112 valence electrons. The molecule has 0 heterocycles. The van der Waals surface area contributed by atoms with Gasteiger partial charge in [0, 0.05) is 31.3 Å². The molecule has 1 aromatic rings. The molecule has 4 N–H and O–H groups in total. The van der Waals surface area contributed by atoms with Gasteiger partial charge >= 0.3 is 0 Å². The molecule has 0 aliphatic rings. The molecule has 1 aromatic carbocycles. The van der Waals surface area contributed by atoms with Crippen molar-refractivity contribution in [2.45, 2.75) is 17.9 Å². The highest BCUT2D eigenvalue weighted by molar-refractivity contribution is 7.99. The van der Waals surface area contributed by atoms with Crippen molar-refractivity contribution in [3.05, 3.63) is 23.8 Å². The van der Waals surface area contributed by atoms with E-state index in [1.165, 1.54) is 0 Å². The van der Waals surface area contributed by atoms with E-state index in [4.69, 9.17) is 15.9 Å². The average Bonchev–Trinajstić information content (AvgIpc) is 2.38. The van der Waals surface area contributed by atoms with Gasteiger partial charge in [-0.15, -0.1) is 11.8 Å². The van der Waals surface area contributed by atoms with Gasteiger partial charge in [-0.05, 0) is 17.9 Å². The molecule has 0 aliphatic carbocycles. The number of nitrogens with two attached hydrogens (primary N) is 1. The number of hydrogen-bond donors (Lipinski definition) is 3. The number of nitrogen functional groups attached to an aromatic ring is 1. The molecule has 0 bridgehead atoms. The molecule has 0 spiro atoms. The largest absolute Gasteiger partial charge is 0.389 e. The van der Waals surface area contributed by atoms with Gasteiger partial charge in [0.2, 0.25) is 0 Å². The minimum atomic E-state index is -0.577. The number of likely N-dealkylation sites (N-methyl/N-ethyl adjacent to an activating group) is 1. The maximum Gasteiger partial charge on any atom is 0.126 e. The summed E-state index contributed by atoms with van der Waals surface area (Å²) in [6.45, 7) is 2.77. The standard InChI is InChI=1S/C14H23N3O2S/c1-4-20-12-7-5-6-11(13(12)14(15)16)17(2)8-10(18)9-19-3/h5-7,10,18H,4,8-9H2,1-3H3,(H3,15,16). The summed E-state index contributed by atoms with van der Waals surface area (Å²) in [6.07, 6.45) is -0.577. The topological polar surface area (TPSA) is 82.6 Å². The molecule has 6 heteroatoms. The fourth-order valence-corrected chi connectivity index (χ4v) is 2.89. The van der Waals surface area contributed by atoms with Crippen LogP contribution >= 0.6 is 11.8 Å². The summed E-state index contributed by atoms with van der Waals surface area (Å²) in [5, 5.41) is 17.6. The lowest BCUT2D eigenvalue weighted by molar-refractivity contribution is 0.0695. The van der Waals surface area contributed by atoms with Crippen LogP contribution in [0.4, 0.5) is 5.69 Å². The number of rotatable bonds is 8. The molecule has 1 atom stereocenters. The molecular weight excluding hydrogens is 274 g/mol. The van der Waals surface area contributed by atoms with E-state index in [0.717, 1.165) is 21.9 Å². The van der Waals surface area contributed by atoms with Gasteiger partial charge in [0.1, 0.15) is 5.84 Å². The highest BCUT2D eigenvalue weighted by atomic mass is 32.2. The minimum Gasteiger partial charge on any atom is -0.389 e. The number of ether oxygens (including phenoxy) is 1. The Kier molecular flexibility index (Phi) is 6.84.